The predicted molar refractivity (Wildman–Crippen MR) is 104 cm³/mol. The lowest BCUT2D eigenvalue weighted by Crippen LogP contribution is -2.38. The van der Waals surface area contributed by atoms with Crippen LogP contribution in [0.4, 0.5) is 4.39 Å². The van der Waals surface area contributed by atoms with Crippen LogP contribution in [0, 0.1) is 11.7 Å². The van der Waals surface area contributed by atoms with Gasteiger partial charge in [-0.15, -0.1) is 0 Å². The van der Waals surface area contributed by atoms with Crippen LogP contribution < -0.4 is 0 Å². The van der Waals surface area contributed by atoms with Gasteiger partial charge in [-0.2, -0.15) is 0 Å². The third-order valence-electron chi connectivity index (χ3n) is 4.42. The molecule has 1 aromatic carbocycles. The normalized spacial score (nSPS) is 20.1. The lowest BCUT2D eigenvalue weighted by Gasteiger charge is -2.27. The van der Waals surface area contributed by atoms with Crippen LogP contribution in [0.2, 0.25) is 0 Å². The van der Waals surface area contributed by atoms with Gasteiger partial charge in [-0.25, -0.2) is 14.4 Å². The number of fused-ring (bicyclic) bond motifs is 1. The first-order valence-electron chi connectivity index (χ1n) is 8.41. The molecule has 7 heteroatoms. The monoisotopic (exact) mass is 421 g/mol. The van der Waals surface area contributed by atoms with Gasteiger partial charge in [0, 0.05) is 18.0 Å². The molecule has 2 aromatic rings. The molecule has 0 aliphatic carbocycles. The topological polar surface area (TPSA) is 56.1 Å². The second kappa shape index (κ2) is 7.70. The molecular formula is C19H21BrFN3O2. The molecule has 5 nitrogen and oxygen atoms in total. The molecular weight excluding hydrogens is 401 g/mol. The molecule has 0 saturated heterocycles. The summed E-state index contributed by atoms with van der Waals surface area (Å²) in [5.74, 6) is 0.986. The maximum Gasteiger partial charge on any atom is 0.209 e. The standard InChI is InChI=1S/C19H21BrFN3O2/c1-10(2)16-19(26-4)23-14(18(24-16)25-3)9-11-8-13(21)15(20)17-12(11)6-5-7-22-17/h5-8,10,14,16H,9H2,1-4H3/t14-,16+/m0/s1. The minimum absolute atomic E-state index is 0.175. The van der Waals surface area contributed by atoms with E-state index in [1.54, 1.807) is 20.4 Å². The van der Waals surface area contributed by atoms with E-state index in [1.807, 2.05) is 12.1 Å². The van der Waals surface area contributed by atoms with Crippen LogP contribution in [0.3, 0.4) is 0 Å². The van der Waals surface area contributed by atoms with Gasteiger partial charge in [0.1, 0.15) is 17.9 Å². The van der Waals surface area contributed by atoms with Crippen LogP contribution in [-0.4, -0.2) is 43.1 Å². The van der Waals surface area contributed by atoms with Gasteiger partial charge < -0.3 is 9.47 Å². The zero-order valence-electron chi connectivity index (χ0n) is 15.2. The molecule has 0 unspecified atom stereocenters. The average Bonchev–Trinajstić information content (AvgIpc) is 2.65. The van der Waals surface area contributed by atoms with Crippen molar-refractivity contribution in [1.82, 2.24) is 4.98 Å². The van der Waals surface area contributed by atoms with Crippen molar-refractivity contribution in [1.29, 1.82) is 0 Å². The number of hydrogen-bond acceptors (Lipinski definition) is 5. The summed E-state index contributed by atoms with van der Waals surface area (Å²) in [6.45, 7) is 4.11. The van der Waals surface area contributed by atoms with Crippen molar-refractivity contribution in [2.24, 2.45) is 15.9 Å². The Morgan fingerprint density at radius 2 is 1.92 bits per heavy atom. The molecule has 1 aromatic heterocycles. The van der Waals surface area contributed by atoms with Gasteiger partial charge in [0.15, 0.2) is 0 Å². The van der Waals surface area contributed by atoms with Crippen molar-refractivity contribution in [2.75, 3.05) is 14.2 Å². The highest BCUT2D eigenvalue weighted by Gasteiger charge is 2.31. The first kappa shape index (κ1) is 18.8. The Bertz CT molecular complexity index is 882. The van der Waals surface area contributed by atoms with E-state index >= 15 is 0 Å². The van der Waals surface area contributed by atoms with Crippen LogP contribution in [0.5, 0.6) is 0 Å². The molecule has 3 rings (SSSR count). The molecule has 0 spiro atoms. The van der Waals surface area contributed by atoms with E-state index in [-0.39, 0.29) is 23.8 Å². The van der Waals surface area contributed by atoms with E-state index < -0.39 is 0 Å². The zero-order valence-corrected chi connectivity index (χ0v) is 16.7. The molecule has 2 heterocycles. The highest BCUT2D eigenvalue weighted by atomic mass is 79.9. The minimum Gasteiger partial charge on any atom is -0.483 e. The molecule has 1 aliphatic rings. The second-order valence-electron chi connectivity index (χ2n) is 6.48. The Morgan fingerprint density at radius 3 is 2.58 bits per heavy atom. The van der Waals surface area contributed by atoms with Gasteiger partial charge in [-0.1, -0.05) is 19.9 Å². The van der Waals surface area contributed by atoms with Crippen molar-refractivity contribution in [3.8, 4) is 0 Å². The summed E-state index contributed by atoms with van der Waals surface area (Å²) in [5, 5.41) is 0.872. The van der Waals surface area contributed by atoms with Crippen LogP contribution >= 0.6 is 15.9 Å². The number of aliphatic imine (C=N–C) groups is 2. The number of methoxy groups -OCH3 is 2. The number of hydrogen-bond donors (Lipinski definition) is 0. The highest BCUT2D eigenvalue weighted by molar-refractivity contribution is 9.10. The second-order valence-corrected chi connectivity index (χ2v) is 7.28. The number of ether oxygens (including phenoxy) is 2. The minimum atomic E-state index is -0.367. The molecule has 26 heavy (non-hydrogen) atoms. The number of rotatable bonds is 3. The number of nitrogens with zero attached hydrogens (tertiary/aromatic N) is 3. The Kier molecular flexibility index (Phi) is 5.55. The Labute approximate surface area is 160 Å². The van der Waals surface area contributed by atoms with Crippen molar-refractivity contribution in [3.63, 3.8) is 0 Å². The fourth-order valence-corrected chi connectivity index (χ4v) is 3.55. The van der Waals surface area contributed by atoms with Gasteiger partial charge >= 0.3 is 0 Å². The molecule has 0 bridgehead atoms. The number of halogens is 2. The fourth-order valence-electron chi connectivity index (χ4n) is 3.12. The van der Waals surface area contributed by atoms with Gasteiger partial charge in [0.25, 0.3) is 0 Å². The van der Waals surface area contributed by atoms with Gasteiger partial charge in [-0.3, -0.25) is 4.98 Å². The zero-order chi connectivity index (χ0) is 18.8. The lowest BCUT2D eigenvalue weighted by molar-refractivity contribution is 0.333. The lowest BCUT2D eigenvalue weighted by atomic mass is 9.98. The molecule has 0 saturated carbocycles. The average molecular weight is 422 g/mol. The molecule has 0 amide bonds. The van der Waals surface area contributed by atoms with Crippen molar-refractivity contribution in [3.05, 3.63) is 40.2 Å². The largest absolute Gasteiger partial charge is 0.483 e. The van der Waals surface area contributed by atoms with E-state index in [2.05, 4.69) is 39.8 Å². The van der Waals surface area contributed by atoms with Crippen molar-refractivity contribution < 1.29 is 13.9 Å². The van der Waals surface area contributed by atoms with Crippen LogP contribution in [-0.2, 0) is 15.9 Å². The van der Waals surface area contributed by atoms with Crippen LogP contribution in [0.15, 0.2) is 38.9 Å². The smallest absolute Gasteiger partial charge is 0.209 e. The Hall–Kier alpha value is -2.02. The molecule has 0 N–H and O–H groups in total. The van der Waals surface area contributed by atoms with Crippen LogP contribution in [0.25, 0.3) is 10.9 Å². The highest BCUT2D eigenvalue weighted by Crippen LogP contribution is 2.30. The molecule has 0 radical (unpaired) electrons. The molecule has 1 aliphatic heterocycles. The number of benzene rings is 1. The number of pyridine rings is 1. The molecule has 0 fully saturated rings. The SMILES string of the molecule is COC1=N[C@H](C(C)C)C(OC)=N[C@H]1Cc1cc(F)c(Br)c2ncccc12. The van der Waals surface area contributed by atoms with Gasteiger partial charge in [0.2, 0.25) is 11.8 Å². The van der Waals surface area contributed by atoms with E-state index in [4.69, 9.17) is 14.5 Å². The van der Waals surface area contributed by atoms with Crippen molar-refractivity contribution in [2.45, 2.75) is 32.4 Å². The van der Waals surface area contributed by atoms with Gasteiger partial charge in [-0.05, 0) is 39.5 Å². The molecule has 138 valence electrons. The summed E-state index contributed by atoms with van der Waals surface area (Å²) in [4.78, 5) is 13.7. The summed E-state index contributed by atoms with van der Waals surface area (Å²) in [5.41, 5.74) is 1.39. The Morgan fingerprint density at radius 1 is 1.19 bits per heavy atom. The molecule has 2 atom stereocenters. The maximum atomic E-state index is 14.3. The fraction of sp³-hybridized carbons (Fsp3) is 0.421. The number of aromatic nitrogens is 1. The first-order chi connectivity index (χ1) is 12.5. The predicted octanol–water partition coefficient (Wildman–Crippen LogP) is 4.18. The quantitative estimate of drug-likeness (QED) is 0.746. The summed E-state index contributed by atoms with van der Waals surface area (Å²) < 4.78 is 25.6. The summed E-state index contributed by atoms with van der Waals surface area (Å²) >= 11 is 3.28. The van der Waals surface area contributed by atoms with E-state index in [0.29, 0.717) is 28.2 Å². The third-order valence-corrected chi connectivity index (χ3v) is 5.18. The van der Waals surface area contributed by atoms with Crippen molar-refractivity contribution >= 4 is 38.6 Å². The maximum absolute atomic E-state index is 14.3. The third kappa shape index (κ3) is 3.45. The van der Waals surface area contributed by atoms with Gasteiger partial charge in [0.05, 0.1) is 24.2 Å². The summed E-state index contributed by atoms with van der Waals surface area (Å²) in [6.07, 6.45) is 2.09. The Balaban J connectivity index is 2.03. The van der Waals surface area contributed by atoms with Crippen LogP contribution in [0.1, 0.15) is 19.4 Å². The van der Waals surface area contributed by atoms with E-state index in [9.17, 15) is 4.39 Å². The summed E-state index contributed by atoms with van der Waals surface area (Å²) in [6, 6.07) is 4.73. The summed E-state index contributed by atoms with van der Waals surface area (Å²) in [7, 11) is 3.18. The van der Waals surface area contributed by atoms with E-state index in [0.717, 1.165) is 10.9 Å². The first-order valence-corrected chi connectivity index (χ1v) is 9.20. The van der Waals surface area contributed by atoms with E-state index in [1.165, 1.54) is 6.07 Å².